The highest BCUT2D eigenvalue weighted by Gasteiger charge is 2.20. The highest BCUT2D eigenvalue weighted by molar-refractivity contribution is 7.98. The van der Waals surface area contributed by atoms with Crippen LogP contribution in [-0.4, -0.2) is 70.9 Å². The predicted molar refractivity (Wildman–Crippen MR) is 207 cm³/mol. The van der Waals surface area contributed by atoms with Crippen molar-refractivity contribution in [1.29, 1.82) is 10.5 Å². The van der Waals surface area contributed by atoms with E-state index < -0.39 is 16.1 Å². The van der Waals surface area contributed by atoms with E-state index in [0.717, 1.165) is 41.0 Å². The lowest BCUT2D eigenvalue weighted by Crippen LogP contribution is -2.22. The SMILES string of the molecule is CSc1nc(-c2ccccc2)c2c(C#N)cn(COCC[Si](C)(C)C)c2n1.CSc1nc(Cl)c2c(C#N)cn(COCC[Si](C)(C)C)c2n1. The summed E-state index contributed by atoms with van der Waals surface area (Å²) in [5, 5.41) is 21.9. The van der Waals surface area contributed by atoms with Gasteiger partial charge in [-0.1, -0.05) is 105 Å². The molecule has 4 aromatic heterocycles. The number of rotatable bonds is 13. The van der Waals surface area contributed by atoms with Crippen LogP contribution in [0.2, 0.25) is 56.5 Å². The molecule has 0 N–H and O–H groups in total. The molecule has 5 rings (SSSR count). The van der Waals surface area contributed by atoms with Crippen LogP contribution in [0.5, 0.6) is 0 Å². The van der Waals surface area contributed by atoms with Gasteiger partial charge >= 0.3 is 0 Å². The van der Waals surface area contributed by atoms with Crippen molar-refractivity contribution in [3.05, 3.63) is 59.0 Å². The molecule has 0 fully saturated rings. The summed E-state index contributed by atoms with van der Waals surface area (Å²) >= 11 is 9.11. The van der Waals surface area contributed by atoms with Crippen LogP contribution in [0.15, 0.2) is 53.0 Å². The van der Waals surface area contributed by atoms with Crippen LogP contribution in [-0.2, 0) is 22.9 Å². The number of hydrogen-bond donors (Lipinski definition) is 0. The first kappa shape index (κ1) is 38.6. The number of halogens is 1. The van der Waals surface area contributed by atoms with Crippen LogP contribution < -0.4 is 0 Å². The molecule has 49 heavy (non-hydrogen) atoms. The lowest BCUT2D eigenvalue weighted by atomic mass is 10.1. The summed E-state index contributed by atoms with van der Waals surface area (Å²) in [6.07, 6.45) is 7.40. The average Bonchev–Trinajstić information content (AvgIpc) is 3.62. The van der Waals surface area contributed by atoms with Gasteiger partial charge < -0.3 is 18.6 Å². The second-order valence-electron chi connectivity index (χ2n) is 13.8. The van der Waals surface area contributed by atoms with Crippen molar-refractivity contribution >= 4 is 73.3 Å². The van der Waals surface area contributed by atoms with E-state index in [4.69, 9.17) is 26.1 Å². The van der Waals surface area contributed by atoms with E-state index in [0.29, 0.717) is 57.7 Å². The Kier molecular flexibility index (Phi) is 13.5. The van der Waals surface area contributed by atoms with Gasteiger partial charge in [-0.15, -0.1) is 0 Å². The van der Waals surface area contributed by atoms with E-state index in [2.05, 4.69) is 66.4 Å². The van der Waals surface area contributed by atoms with Gasteiger partial charge in [0, 0.05) is 47.3 Å². The van der Waals surface area contributed by atoms with Crippen molar-refractivity contribution in [3.8, 4) is 23.4 Å². The fourth-order valence-corrected chi connectivity index (χ4v) is 7.28. The number of nitrogens with zero attached hydrogens (tertiary/aromatic N) is 8. The molecule has 0 aliphatic heterocycles. The molecule has 5 aromatic rings. The van der Waals surface area contributed by atoms with Crippen LogP contribution in [0.25, 0.3) is 33.3 Å². The molecule has 0 saturated heterocycles. The summed E-state index contributed by atoms with van der Waals surface area (Å²) < 4.78 is 15.4. The van der Waals surface area contributed by atoms with E-state index in [1.165, 1.54) is 23.5 Å². The normalized spacial score (nSPS) is 11.7. The Labute approximate surface area is 304 Å². The molecule has 0 spiro atoms. The molecule has 0 radical (unpaired) electrons. The lowest BCUT2D eigenvalue weighted by molar-refractivity contribution is 0.0897. The number of aromatic nitrogens is 6. The highest BCUT2D eigenvalue weighted by Crippen LogP contribution is 2.32. The summed E-state index contributed by atoms with van der Waals surface area (Å²) in [5.41, 5.74) is 4.22. The fourth-order valence-electron chi connectivity index (χ4n) is 4.73. The van der Waals surface area contributed by atoms with Gasteiger partial charge in [0.1, 0.15) is 42.0 Å². The van der Waals surface area contributed by atoms with Crippen molar-refractivity contribution in [2.24, 2.45) is 0 Å². The Morgan fingerprint density at radius 1 is 0.714 bits per heavy atom. The lowest BCUT2D eigenvalue weighted by Gasteiger charge is -2.15. The monoisotopic (exact) mass is 750 g/mol. The summed E-state index contributed by atoms with van der Waals surface area (Å²) in [5.74, 6) is 0. The first-order chi connectivity index (χ1) is 23.3. The Morgan fingerprint density at radius 2 is 1.18 bits per heavy atom. The summed E-state index contributed by atoms with van der Waals surface area (Å²) in [7, 11) is -2.25. The molecule has 258 valence electrons. The topological polar surface area (TPSA) is 127 Å². The first-order valence-electron chi connectivity index (χ1n) is 15.8. The minimum absolute atomic E-state index is 0.312. The molecule has 1 aromatic carbocycles. The molecule has 0 unspecified atom stereocenters. The second-order valence-corrected chi connectivity index (χ2v) is 26.9. The van der Waals surface area contributed by atoms with Crippen molar-refractivity contribution in [2.45, 2.75) is 75.1 Å². The van der Waals surface area contributed by atoms with Crippen LogP contribution in [0.3, 0.4) is 0 Å². The van der Waals surface area contributed by atoms with Gasteiger partial charge in [0.15, 0.2) is 10.3 Å². The molecule has 0 aliphatic rings. The van der Waals surface area contributed by atoms with Crippen molar-refractivity contribution in [1.82, 2.24) is 29.1 Å². The third kappa shape index (κ3) is 10.4. The first-order valence-corrected chi connectivity index (χ1v) is 26.1. The average molecular weight is 752 g/mol. The maximum absolute atomic E-state index is 9.67. The van der Waals surface area contributed by atoms with Crippen LogP contribution >= 0.6 is 35.1 Å². The number of nitriles is 2. The van der Waals surface area contributed by atoms with E-state index in [9.17, 15) is 10.5 Å². The zero-order chi connectivity index (χ0) is 35.8. The van der Waals surface area contributed by atoms with Gasteiger partial charge in [-0.3, -0.25) is 0 Å². The standard InChI is InChI=1S/C20H24N4OSSi.C14H19ClN4OSSi/c1-26-20-22-18(15-8-6-5-7-9-15)17-16(12-21)13-24(19(17)23-20)14-25-10-11-27(2,3)4;1-21-14-17-12(15)11-10(7-16)8-19(13(11)18-14)9-20-5-6-22(2,3)4/h5-9,13H,10-11,14H2,1-4H3;8H,5-6,9H2,1-4H3. The Morgan fingerprint density at radius 3 is 1.65 bits per heavy atom. The third-order valence-electron chi connectivity index (χ3n) is 7.45. The van der Waals surface area contributed by atoms with Gasteiger partial charge in [0.2, 0.25) is 0 Å². The number of hydrogen-bond acceptors (Lipinski definition) is 10. The Balaban J connectivity index is 0.000000226. The number of fused-ring (bicyclic) bond motifs is 2. The maximum Gasteiger partial charge on any atom is 0.190 e. The Bertz CT molecular complexity index is 1980. The van der Waals surface area contributed by atoms with Crippen molar-refractivity contribution < 1.29 is 9.47 Å². The smallest absolute Gasteiger partial charge is 0.190 e. The minimum Gasteiger partial charge on any atom is -0.361 e. The summed E-state index contributed by atoms with van der Waals surface area (Å²) in [6, 6.07) is 16.6. The zero-order valence-electron chi connectivity index (χ0n) is 29.4. The number of benzene rings is 1. The molecule has 15 heteroatoms. The van der Waals surface area contributed by atoms with Gasteiger partial charge in [0.25, 0.3) is 0 Å². The van der Waals surface area contributed by atoms with Crippen LogP contribution in [0.4, 0.5) is 0 Å². The molecule has 4 heterocycles. The van der Waals surface area contributed by atoms with Gasteiger partial charge in [-0.25, -0.2) is 19.9 Å². The van der Waals surface area contributed by atoms with Gasteiger partial charge in [-0.2, -0.15) is 10.5 Å². The summed E-state index contributed by atoms with van der Waals surface area (Å²) in [6.45, 7) is 16.1. The molecule has 0 bridgehead atoms. The van der Waals surface area contributed by atoms with Gasteiger partial charge in [-0.05, 0) is 24.6 Å². The molecular formula is C34H43ClN8O2S2Si2. The van der Waals surface area contributed by atoms with E-state index in [1.54, 1.807) is 6.20 Å². The van der Waals surface area contributed by atoms with E-state index in [-0.39, 0.29) is 0 Å². The molecular weight excluding hydrogens is 708 g/mol. The molecule has 0 amide bonds. The van der Waals surface area contributed by atoms with Crippen molar-refractivity contribution in [2.75, 3.05) is 25.7 Å². The molecule has 0 atom stereocenters. The third-order valence-corrected chi connectivity index (χ3v) is 12.2. The van der Waals surface area contributed by atoms with E-state index >= 15 is 0 Å². The zero-order valence-corrected chi connectivity index (χ0v) is 33.8. The van der Waals surface area contributed by atoms with Crippen molar-refractivity contribution in [3.63, 3.8) is 0 Å². The molecule has 10 nitrogen and oxygen atoms in total. The Hall–Kier alpha value is -3.22. The molecule has 0 saturated carbocycles. The molecule has 0 aliphatic carbocycles. The number of ether oxygens (including phenoxy) is 2. The minimum atomic E-state index is -1.13. The van der Waals surface area contributed by atoms with Crippen LogP contribution in [0.1, 0.15) is 11.1 Å². The number of thioether (sulfide) groups is 2. The summed E-state index contributed by atoms with van der Waals surface area (Å²) in [4.78, 5) is 18.0. The highest BCUT2D eigenvalue weighted by atomic mass is 35.5. The quantitative estimate of drug-likeness (QED) is 0.0378. The second kappa shape index (κ2) is 17.1. The largest absolute Gasteiger partial charge is 0.361 e. The van der Waals surface area contributed by atoms with E-state index in [1.807, 2.05) is 58.2 Å². The predicted octanol–water partition coefficient (Wildman–Crippen LogP) is 8.99. The van der Waals surface area contributed by atoms with Gasteiger partial charge in [0.05, 0.1) is 27.6 Å². The van der Waals surface area contributed by atoms with Crippen LogP contribution in [0, 0.1) is 22.7 Å². The fraction of sp³-hybridized carbons (Fsp3) is 0.412. The maximum atomic E-state index is 9.67.